The summed E-state index contributed by atoms with van der Waals surface area (Å²) in [7, 11) is 0. The zero-order valence-corrected chi connectivity index (χ0v) is 11.1. The molecule has 0 radical (unpaired) electrons. The lowest BCUT2D eigenvalue weighted by molar-refractivity contribution is -0.156. The molecular weight excluding hydrogens is 230 g/mol. The Kier molecular flexibility index (Phi) is 3.50. The molecular formula is C13H19N3O2. The van der Waals surface area contributed by atoms with E-state index in [0.29, 0.717) is 5.95 Å². The van der Waals surface area contributed by atoms with E-state index in [1.165, 1.54) is 0 Å². The van der Waals surface area contributed by atoms with Crippen LogP contribution >= 0.6 is 0 Å². The molecule has 0 amide bonds. The first-order valence-corrected chi connectivity index (χ1v) is 6.24. The van der Waals surface area contributed by atoms with E-state index in [4.69, 9.17) is 4.74 Å². The molecule has 0 unspecified atom stereocenters. The first-order chi connectivity index (χ1) is 8.47. The van der Waals surface area contributed by atoms with Crippen molar-refractivity contribution in [2.75, 3.05) is 11.4 Å². The van der Waals surface area contributed by atoms with Crippen LogP contribution in [0.2, 0.25) is 0 Å². The lowest BCUT2D eigenvalue weighted by Crippen LogP contribution is -2.41. The highest BCUT2D eigenvalue weighted by Gasteiger charge is 2.35. The fourth-order valence-electron chi connectivity index (χ4n) is 2.06. The number of aromatic nitrogens is 2. The van der Waals surface area contributed by atoms with Crippen LogP contribution in [0.15, 0.2) is 18.5 Å². The number of anilines is 1. The standard InChI is InChI=1S/C13H19N3O2/c1-13(2,3)18-11(17)10-6-4-9-16(10)12-14-7-5-8-15-12/h5,7-8,10H,4,6,9H2,1-3H3/t10-/m1/s1. The summed E-state index contributed by atoms with van der Waals surface area (Å²) in [5.41, 5.74) is -0.455. The molecule has 1 aliphatic heterocycles. The minimum Gasteiger partial charge on any atom is -0.458 e. The third-order valence-corrected chi connectivity index (χ3v) is 2.74. The third-order valence-electron chi connectivity index (χ3n) is 2.74. The molecule has 0 aliphatic carbocycles. The van der Waals surface area contributed by atoms with Crippen LogP contribution in [0, 0.1) is 0 Å². The van der Waals surface area contributed by atoms with Gasteiger partial charge in [-0.1, -0.05) is 0 Å². The zero-order chi connectivity index (χ0) is 13.2. The molecule has 1 atom stereocenters. The van der Waals surface area contributed by atoms with Gasteiger partial charge in [0, 0.05) is 18.9 Å². The molecule has 2 rings (SSSR count). The smallest absolute Gasteiger partial charge is 0.329 e. The van der Waals surface area contributed by atoms with Crippen molar-refractivity contribution in [2.45, 2.75) is 45.3 Å². The van der Waals surface area contributed by atoms with E-state index in [-0.39, 0.29) is 12.0 Å². The normalized spacial score (nSPS) is 19.9. The second kappa shape index (κ2) is 4.92. The van der Waals surface area contributed by atoms with Gasteiger partial charge < -0.3 is 9.64 Å². The van der Waals surface area contributed by atoms with Crippen LogP contribution in [0.3, 0.4) is 0 Å². The van der Waals surface area contributed by atoms with Crippen molar-refractivity contribution in [1.82, 2.24) is 9.97 Å². The number of nitrogens with zero attached hydrogens (tertiary/aromatic N) is 3. The fraction of sp³-hybridized carbons (Fsp3) is 0.615. The molecule has 1 aromatic rings. The Morgan fingerprint density at radius 2 is 2.06 bits per heavy atom. The molecule has 0 saturated carbocycles. The maximum Gasteiger partial charge on any atom is 0.329 e. The lowest BCUT2D eigenvalue weighted by Gasteiger charge is -2.27. The maximum absolute atomic E-state index is 12.1. The predicted molar refractivity (Wildman–Crippen MR) is 68.2 cm³/mol. The highest BCUT2D eigenvalue weighted by atomic mass is 16.6. The van der Waals surface area contributed by atoms with Crippen LogP contribution in [0.5, 0.6) is 0 Å². The van der Waals surface area contributed by atoms with Crippen LogP contribution in [-0.2, 0) is 9.53 Å². The Morgan fingerprint density at radius 1 is 1.39 bits per heavy atom. The van der Waals surface area contributed by atoms with Crippen LogP contribution in [0.4, 0.5) is 5.95 Å². The summed E-state index contributed by atoms with van der Waals surface area (Å²) >= 11 is 0. The first kappa shape index (κ1) is 12.8. The van der Waals surface area contributed by atoms with Crippen LogP contribution in [0.1, 0.15) is 33.6 Å². The van der Waals surface area contributed by atoms with Crippen molar-refractivity contribution >= 4 is 11.9 Å². The van der Waals surface area contributed by atoms with E-state index in [2.05, 4.69) is 9.97 Å². The lowest BCUT2D eigenvalue weighted by atomic mass is 10.1. The predicted octanol–water partition coefficient (Wildman–Crippen LogP) is 1.79. The second-order valence-electron chi connectivity index (χ2n) is 5.43. The Balaban J connectivity index is 2.11. The summed E-state index contributed by atoms with van der Waals surface area (Å²) in [5.74, 6) is 0.415. The van der Waals surface area contributed by atoms with Gasteiger partial charge in [-0.2, -0.15) is 0 Å². The zero-order valence-electron chi connectivity index (χ0n) is 11.1. The first-order valence-electron chi connectivity index (χ1n) is 6.24. The van der Waals surface area contributed by atoms with Crippen molar-refractivity contribution in [3.05, 3.63) is 18.5 Å². The average Bonchev–Trinajstić information content (AvgIpc) is 2.76. The molecule has 1 saturated heterocycles. The minimum atomic E-state index is -0.455. The van der Waals surface area contributed by atoms with Crippen molar-refractivity contribution in [2.24, 2.45) is 0 Å². The van der Waals surface area contributed by atoms with Gasteiger partial charge in [0.2, 0.25) is 5.95 Å². The van der Waals surface area contributed by atoms with Gasteiger partial charge >= 0.3 is 5.97 Å². The van der Waals surface area contributed by atoms with Gasteiger partial charge in [-0.3, -0.25) is 0 Å². The molecule has 5 nitrogen and oxygen atoms in total. The molecule has 0 N–H and O–H groups in total. The molecule has 18 heavy (non-hydrogen) atoms. The van der Waals surface area contributed by atoms with E-state index >= 15 is 0 Å². The number of rotatable bonds is 2. The Hall–Kier alpha value is -1.65. The van der Waals surface area contributed by atoms with Crippen molar-refractivity contribution in [3.63, 3.8) is 0 Å². The van der Waals surface area contributed by atoms with E-state index in [1.54, 1.807) is 18.5 Å². The molecule has 1 aliphatic rings. The van der Waals surface area contributed by atoms with E-state index in [0.717, 1.165) is 19.4 Å². The van der Waals surface area contributed by atoms with Gasteiger partial charge in [0.25, 0.3) is 0 Å². The van der Waals surface area contributed by atoms with E-state index < -0.39 is 5.60 Å². The van der Waals surface area contributed by atoms with Gasteiger partial charge in [0.1, 0.15) is 11.6 Å². The Bertz CT molecular complexity index is 414. The number of hydrogen-bond donors (Lipinski definition) is 0. The van der Waals surface area contributed by atoms with Crippen molar-refractivity contribution in [1.29, 1.82) is 0 Å². The van der Waals surface area contributed by atoms with Crippen molar-refractivity contribution < 1.29 is 9.53 Å². The fourth-order valence-corrected chi connectivity index (χ4v) is 2.06. The molecule has 2 heterocycles. The summed E-state index contributed by atoms with van der Waals surface area (Å²) in [6.45, 7) is 6.43. The monoisotopic (exact) mass is 249 g/mol. The summed E-state index contributed by atoms with van der Waals surface area (Å²) in [6, 6.07) is 1.51. The van der Waals surface area contributed by atoms with E-state index in [1.807, 2.05) is 25.7 Å². The van der Waals surface area contributed by atoms with Gasteiger partial charge in [-0.25, -0.2) is 14.8 Å². The second-order valence-corrected chi connectivity index (χ2v) is 5.43. The number of carbonyl (C=O) groups is 1. The molecule has 1 aromatic heterocycles. The Labute approximate surface area is 107 Å². The minimum absolute atomic E-state index is 0.188. The van der Waals surface area contributed by atoms with Gasteiger partial charge in [0.05, 0.1) is 0 Å². The number of ether oxygens (including phenoxy) is 1. The van der Waals surface area contributed by atoms with Crippen LogP contribution < -0.4 is 4.90 Å². The molecule has 0 spiro atoms. The number of carbonyl (C=O) groups excluding carboxylic acids is 1. The summed E-state index contributed by atoms with van der Waals surface area (Å²) in [4.78, 5) is 22.4. The molecule has 0 aromatic carbocycles. The average molecular weight is 249 g/mol. The maximum atomic E-state index is 12.1. The van der Waals surface area contributed by atoms with Crippen molar-refractivity contribution in [3.8, 4) is 0 Å². The molecule has 1 fully saturated rings. The third kappa shape index (κ3) is 2.97. The van der Waals surface area contributed by atoms with Gasteiger partial charge in [-0.05, 0) is 39.7 Å². The summed E-state index contributed by atoms with van der Waals surface area (Å²) < 4.78 is 5.44. The highest BCUT2D eigenvalue weighted by molar-refractivity contribution is 5.80. The quantitative estimate of drug-likeness (QED) is 0.748. The number of hydrogen-bond acceptors (Lipinski definition) is 5. The summed E-state index contributed by atoms with van der Waals surface area (Å²) in [5, 5.41) is 0. The summed E-state index contributed by atoms with van der Waals surface area (Å²) in [6.07, 6.45) is 5.13. The largest absolute Gasteiger partial charge is 0.458 e. The molecule has 0 bridgehead atoms. The van der Waals surface area contributed by atoms with E-state index in [9.17, 15) is 4.79 Å². The van der Waals surface area contributed by atoms with Crippen LogP contribution in [0.25, 0.3) is 0 Å². The molecule has 5 heteroatoms. The van der Waals surface area contributed by atoms with Gasteiger partial charge in [-0.15, -0.1) is 0 Å². The highest BCUT2D eigenvalue weighted by Crippen LogP contribution is 2.24. The van der Waals surface area contributed by atoms with Gasteiger partial charge in [0.15, 0.2) is 0 Å². The van der Waals surface area contributed by atoms with Crippen LogP contribution in [-0.4, -0.2) is 34.1 Å². The topological polar surface area (TPSA) is 55.3 Å². The number of esters is 1. The Morgan fingerprint density at radius 3 is 2.67 bits per heavy atom. The SMILES string of the molecule is CC(C)(C)OC(=O)[C@H]1CCCN1c1ncccn1. The molecule has 98 valence electrons.